The molecule has 0 radical (unpaired) electrons. The van der Waals surface area contributed by atoms with Crippen molar-refractivity contribution in [3.63, 3.8) is 0 Å². The van der Waals surface area contributed by atoms with Crippen LogP contribution < -0.4 is 11.1 Å². The van der Waals surface area contributed by atoms with Crippen LogP contribution in [0.2, 0.25) is 0 Å². The molecule has 0 aromatic carbocycles. The van der Waals surface area contributed by atoms with Gasteiger partial charge in [-0.3, -0.25) is 19.3 Å². The van der Waals surface area contributed by atoms with E-state index in [0.29, 0.717) is 16.4 Å². The van der Waals surface area contributed by atoms with Crippen molar-refractivity contribution in [2.45, 2.75) is 24.8 Å². The summed E-state index contributed by atoms with van der Waals surface area (Å²) in [5.74, 6) is -2.46. The van der Waals surface area contributed by atoms with E-state index in [9.17, 15) is 24.3 Å². The van der Waals surface area contributed by atoms with Crippen molar-refractivity contribution in [2.75, 3.05) is 18.1 Å². The van der Waals surface area contributed by atoms with Gasteiger partial charge in [-0.1, -0.05) is 0 Å². The van der Waals surface area contributed by atoms with Gasteiger partial charge in [-0.05, 0) is 0 Å². The Hall–Kier alpha value is -2.60. The number of nitrogen functional groups attached to an aromatic ring is 1. The Labute approximate surface area is 161 Å². The SMILES string of the molecule is CC(=O)OCC1=C(C(=O)O)N2C(=O)C(NC(=O)Cc3csc(N)n3)[C@@H]2SC1. The van der Waals surface area contributed by atoms with E-state index < -0.39 is 35.2 Å². The normalized spacial score (nSPS) is 21.4. The lowest BCUT2D eigenvalue weighted by molar-refractivity contribution is -0.151. The monoisotopic (exact) mass is 412 g/mol. The van der Waals surface area contributed by atoms with Gasteiger partial charge in [0.2, 0.25) is 5.91 Å². The maximum absolute atomic E-state index is 12.4. The molecule has 27 heavy (non-hydrogen) atoms. The Kier molecular flexibility index (Phi) is 5.37. The number of hydrogen-bond acceptors (Lipinski definition) is 9. The topological polar surface area (TPSA) is 152 Å². The number of hydrogen-bond donors (Lipinski definition) is 3. The number of carbonyl (C=O) groups excluding carboxylic acids is 3. The number of rotatable bonds is 6. The largest absolute Gasteiger partial charge is 0.477 e. The molecule has 0 aliphatic carbocycles. The summed E-state index contributed by atoms with van der Waals surface area (Å²) in [5.41, 5.74) is 6.18. The first-order chi connectivity index (χ1) is 12.8. The van der Waals surface area contributed by atoms with Gasteiger partial charge in [0.05, 0.1) is 12.1 Å². The van der Waals surface area contributed by atoms with Crippen LogP contribution in [0.1, 0.15) is 12.6 Å². The summed E-state index contributed by atoms with van der Waals surface area (Å²) < 4.78 is 4.87. The molecule has 144 valence electrons. The number of fused-ring (bicyclic) bond motifs is 1. The number of carbonyl (C=O) groups is 4. The number of nitrogens with two attached hydrogens (primary N) is 1. The molecular formula is C15H16N4O6S2. The molecule has 1 aromatic heterocycles. The Balaban J connectivity index is 1.68. The van der Waals surface area contributed by atoms with Crippen molar-refractivity contribution in [1.82, 2.24) is 15.2 Å². The van der Waals surface area contributed by atoms with Crippen LogP contribution in [0, 0.1) is 0 Å². The fourth-order valence-electron chi connectivity index (χ4n) is 2.78. The van der Waals surface area contributed by atoms with Gasteiger partial charge in [0.15, 0.2) is 5.13 Å². The highest BCUT2D eigenvalue weighted by Gasteiger charge is 2.54. The van der Waals surface area contributed by atoms with E-state index in [-0.39, 0.29) is 24.5 Å². The predicted octanol–water partition coefficient (Wildman–Crippen LogP) is -0.430. The Bertz CT molecular complexity index is 851. The first kappa shape index (κ1) is 19.2. The number of amides is 2. The van der Waals surface area contributed by atoms with Crippen molar-refractivity contribution in [1.29, 1.82) is 0 Å². The second-order valence-corrected chi connectivity index (χ2v) is 7.84. The van der Waals surface area contributed by atoms with Crippen molar-refractivity contribution >= 4 is 52.0 Å². The molecule has 1 fully saturated rings. The van der Waals surface area contributed by atoms with Crippen LogP contribution in [0.15, 0.2) is 16.7 Å². The van der Waals surface area contributed by atoms with Crippen LogP contribution in [-0.4, -0.2) is 62.5 Å². The van der Waals surface area contributed by atoms with Gasteiger partial charge in [-0.25, -0.2) is 9.78 Å². The van der Waals surface area contributed by atoms with E-state index in [0.717, 1.165) is 4.90 Å². The van der Waals surface area contributed by atoms with Gasteiger partial charge in [0, 0.05) is 23.6 Å². The lowest BCUT2D eigenvalue weighted by Crippen LogP contribution is -2.70. The van der Waals surface area contributed by atoms with E-state index in [1.165, 1.54) is 30.0 Å². The second kappa shape index (κ2) is 7.56. The zero-order valence-corrected chi connectivity index (χ0v) is 15.8. The molecule has 2 aliphatic heterocycles. The van der Waals surface area contributed by atoms with Gasteiger partial charge < -0.3 is 20.9 Å². The Morgan fingerprint density at radius 1 is 1.48 bits per heavy atom. The summed E-state index contributed by atoms with van der Waals surface area (Å²) in [6.45, 7) is 1.03. The Morgan fingerprint density at radius 2 is 2.22 bits per heavy atom. The average molecular weight is 412 g/mol. The number of nitrogens with zero attached hydrogens (tertiary/aromatic N) is 2. The molecule has 0 spiro atoms. The molecule has 3 heterocycles. The number of carboxylic acids is 1. The summed E-state index contributed by atoms with van der Waals surface area (Å²) >= 11 is 2.52. The summed E-state index contributed by atoms with van der Waals surface area (Å²) in [5, 5.41) is 13.6. The van der Waals surface area contributed by atoms with E-state index in [1.54, 1.807) is 5.38 Å². The highest BCUT2D eigenvalue weighted by molar-refractivity contribution is 8.00. The highest BCUT2D eigenvalue weighted by atomic mass is 32.2. The molecule has 2 amide bonds. The second-order valence-electron chi connectivity index (χ2n) is 5.85. The molecule has 12 heteroatoms. The summed E-state index contributed by atoms with van der Waals surface area (Å²) in [7, 11) is 0. The van der Waals surface area contributed by atoms with Gasteiger partial charge in [0.1, 0.15) is 23.7 Å². The first-order valence-electron chi connectivity index (χ1n) is 7.80. The molecule has 0 bridgehead atoms. The minimum atomic E-state index is -1.28. The smallest absolute Gasteiger partial charge is 0.352 e. The molecule has 1 unspecified atom stereocenters. The van der Waals surface area contributed by atoms with Gasteiger partial charge in [-0.15, -0.1) is 23.1 Å². The van der Waals surface area contributed by atoms with Gasteiger partial charge in [-0.2, -0.15) is 0 Å². The number of nitrogens with one attached hydrogen (secondary N) is 1. The van der Waals surface area contributed by atoms with Crippen LogP contribution in [0.3, 0.4) is 0 Å². The van der Waals surface area contributed by atoms with Crippen molar-refractivity contribution in [3.05, 3.63) is 22.3 Å². The van der Waals surface area contributed by atoms with E-state index in [1.807, 2.05) is 0 Å². The molecule has 1 aromatic rings. The maximum atomic E-state index is 12.4. The number of esters is 1. The summed E-state index contributed by atoms with van der Waals surface area (Å²) in [4.78, 5) is 52.3. The molecule has 4 N–H and O–H groups in total. The molecule has 0 saturated carbocycles. The fraction of sp³-hybridized carbons (Fsp3) is 0.400. The number of thioether (sulfide) groups is 1. The lowest BCUT2D eigenvalue weighted by Gasteiger charge is -2.49. The van der Waals surface area contributed by atoms with Crippen molar-refractivity contribution in [2.24, 2.45) is 0 Å². The van der Waals surface area contributed by atoms with Crippen molar-refractivity contribution < 1.29 is 29.0 Å². The van der Waals surface area contributed by atoms with E-state index in [2.05, 4.69) is 10.3 Å². The molecule has 2 atom stereocenters. The standard InChI is InChI=1S/C15H16N4O6S2/c1-6(20)25-3-7-4-26-13-10(12(22)19(13)11(7)14(23)24)18-9(21)2-8-5-27-15(16)17-8/h5,10,13H,2-4H2,1H3,(H2,16,17)(H,18,21)(H,23,24)/t10?,13-/m0/s1. The molecule has 3 rings (SSSR count). The van der Waals surface area contributed by atoms with Crippen LogP contribution in [-0.2, 0) is 30.3 Å². The number of carboxylic acid groups (broad SMARTS) is 1. The number of thiazole rings is 1. The van der Waals surface area contributed by atoms with E-state index >= 15 is 0 Å². The third-order valence-electron chi connectivity index (χ3n) is 3.93. The maximum Gasteiger partial charge on any atom is 0.352 e. The van der Waals surface area contributed by atoms with Crippen LogP contribution in [0.5, 0.6) is 0 Å². The predicted molar refractivity (Wildman–Crippen MR) is 96.5 cm³/mol. The van der Waals surface area contributed by atoms with Crippen LogP contribution in [0.4, 0.5) is 5.13 Å². The minimum Gasteiger partial charge on any atom is -0.477 e. The van der Waals surface area contributed by atoms with Gasteiger partial charge >= 0.3 is 11.9 Å². The van der Waals surface area contributed by atoms with Crippen molar-refractivity contribution in [3.8, 4) is 0 Å². The molecule has 10 nitrogen and oxygen atoms in total. The third-order valence-corrected chi connectivity index (χ3v) is 5.99. The zero-order chi connectivity index (χ0) is 19.7. The lowest BCUT2D eigenvalue weighted by atomic mass is 10.0. The minimum absolute atomic E-state index is 0.0196. The molecular weight excluding hydrogens is 396 g/mol. The van der Waals surface area contributed by atoms with Crippen LogP contribution >= 0.6 is 23.1 Å². The number of β-lactam (4-membered cyclic amide) rings is 1. The zero-order valence-electron chi connectivity index (χ0n) is 14.1. The Morgan fingerprint density at radius 3 is 2.81 bits per heavy atom. The molecule has 2 aliphatic rings. The van der Waals surface area contributed by atoms with Crippen LogP contribution in [0.25, 0.3) is 0 Å². The first-order valence-corrected chi connectivity index (χ1v) is 9.73. The highest BCUT2D eigenvalue weighted by Crippen LogP contribution is 2.40. The summed E-state index contributed by atoms with van der Waals surface area (Å²) in [6.07, 6.45) is -0.0196. The fourth-order valence-corrected chi connectivity index (χ4v) is 4.67. The summed E-state index contributed by atoms with van der Waals surface area (Å²) in [6, 6.07) is -0.817. The third kappa shape index (κ3) is 3.90. The number of ether oxygens (including phenoxy) is 1. The van der Waals surface area contributed by atoms with E-state index in [4.69, 9.17) is 10.5 Å². The number of anilines is 1. The average Bonchev–Trinajstić information content (AvgIpc) is 3.01. The molecule has 1 saturated heterocycles. The number of aromatic nitrogens is 1. The van der Waals surface area contributed by atoms with Gasteiger partial charge in [0.25, 0.3) is 5.91 Å². The number of aliphatic carboxylic acids is 1. The quantitative estimate of drug-likeness (QED) is 0.417.